The summed E-state index contributed by atoms with van der Waals surface area (Å²) < 4.78 is 0. The Morgan fingerprint density at radius 3 is 2.29 bits per heavy atom. The molecule has 0 N–H and O–H groups in total. The Hall–Kier alpha value is -0.260. The average molecular weight is 97.2 g/mol. The molecule has 0 nitrogen and oxygen atoms in total. The van der Waals surface area contributed by atoms with Crippen molar-refractivity contribution in [1.29, 1.82) is 0 Å². The standard InChI is InChI=1S/C7H13/c1-4-5-6-7(2)3/h1,4,7H,5-6H2,2-3H3. The van der Waals surface area contributed by atoms with Crippen LogP contribution in [0.25, 0.3) is 0 Å². The molecule has 0 fully saturated rings. The van der Waals surface area contributed by atoms with E-state index in [0.29, 0.717) is 0 Å². The maximum atomic E-state index is 5.15. The topological polar surface area (TPSA) is 0 Å². The van der Waals surface area contributed by atoms with Crippen molar-refractivity contribution in [2.24, 2.45) is 5.92 Å². The molecule has 41 valence electrons. The van der Waals surface area contributed by atoms with E-state index < -0.39 is 0 Å². The lowest BCUT2D eigenvalue weighted by atomic mass is 10.1. The van der Waals surface area contributed by atoms with E-state index in [-0.39, 0.29) is 0 Å². The molecule has 0 bridgehead atoms. The summed E-state index contributed by atoms with van der Waals surface area (Å²) in [5.41, 5.74) is 0. The highest BCUT2D eigenvalue weighted by atomic mass is 13.9. The molecular weight excluding hydrogens is 84.1 g/mol. The van der Waals surface area contributed by atoms with Gasteiger partial charge >= 0.3 is 0 Å². The Bertz CT molecular complexity index is 44.0. The number of allylic oxidation sites excluding steroid dienone is 1. The van der Waals surface area contributed by atoms with Gasteiger partial charge in [0.15, 0.2) is 0 Å². The fourth-order valence-corrected chi connectivity index (χ4v) is 0.430. The van der Waals surface area contributed by atoms with Crippen LogP contribution in [0.4, 0.5) is 0 Å². The van der Waals surface area contributed by atoms with Gasteiger partial charge in [0.2, 0.25) is 0 Å². The van der Waals surface area contributed by atoms with Crippen LogP contribution in [0, 0.1) is 12.5 Å². The van der Waals surface area contributed by atoms with Gasteiger partial charge in [0.25, 0.3) is 0 Å². The Morgan fingerprint density at radius 1 is 1.57 bits per heavy atom. The lowest BCUT2D eigenvalue weighted by molar-refractivity contribution is 0.594. The SMILES string of the molecule is [CH]=CCCC(C)C. The van der Waals surface area contributed by atoms with Crippen molar-refractivity contribution in [3.8, 4) is 0 Å². The van der Waals surface area contributed by atoms with Gasteiger partial charge in [-0.1, -0.05) is 26.5 Å². The second-order valence-electron chi connectivity index (χ2n) is 2.21. The minimum Gasteiger partial charge on any atom is -0.0845 e. The van der Waals surface area contributed by atoms with Gasteiger partial charge in [-0.25, -0.2) is 0 Å². The van der Waals surface area contributed by atoms with Crippen molar-refractivity contribution in [2.75, 3.05) is 0 Å². The quantitative estimate of drug-likeness (QED) is 0.507. The van der Waals surface area contributed by atoms with Gasteiger partial charge < -0.3 is 0 Å². The predicted octanol–water partition coefficient (Wildman–Crippen LogP) is 2.41. The Morgan fingerprint density at radius 2 is 2.14 bits per heavy atom. The van der Waals surface area contributed by atoms with E-state index in [9.17, 15) is 0 Å². The maximum Gasteiger partial charge on any atom is -0.0345 e. The largest absolute Gasteiger partial charge is 0.0845 e. The van der Waals surface area contributed by atoms with Gasteiger partial charge in [0.05, 0.1) is 0 Å². The predicted molar refractivity (Wildman–Crippen MR) is 32.9 cm³/mol. The fourth-order valence-electron chi connectivity index (χ4n) is 0.430. The highest BCUT2D eigenvalue weighted by molar-refractivity contribution is 4.62. The molecule has 0 atom stereocenters. The molecule has 0 aliphatic carbocycles. The van der Waals surface area contributed by atoms with Crippen molar-refractivity contribution < 1.29 is 0 Å². The van der Waals surface area contributed by atoms with Crippen LogP contribution in [-0.2, 0) is 0 Å². The summed E-state index contributed by atoms with van der Waals surface area (Å²) in [6.45, 7) is 9.55. The van der Waals surface area contributed by atoms with Crippen LogP contribution in [-0.4, -0.2) is 0 Å². The zero-order valence-corrected chi connectivity index (χ0v) is 5.15. The van der Waals surface area contributed by atoms with Gasteiger partial charge in [-0.2, -0.15) is 0 Å². The van der Waals surface area contributed by atoms with Gasteiger partial charge in [-0.3, -0.25) is 0 Å². The summed E-state index contributed by atoms with van der Waals surface area (Å²) in [6, 6.07) is 0. The van der Waals surface area contributed by atoms with Crippen molar-refractivity contribution in [3.63, 3.8) is 0 Å². The number of hydrogen-bond acceptors (Lipinski definition) is 0. The van der Waals surface area contributed by atoms with Gasteiger partial charge in [-0.15, -0.1) is 0 Å². The Kier molecular flexibility index (Phi) is 3.77. The van der Waals surface area contributed by atoms with Gasteiger partial charge in [0, 0.05) is 0 Å². The van der Waals surface area contributed by atoms with Crippen LogP contribution in [0.15, 0.2) is 6.08 Å². The first-order chi connectivity index (χ1) is 3.27. The molecule has 0 amide bonds. The minimum atomic E-state index is 0.791. The van der Waals surface area contributed by atoms with Crippen LogP contribution < -0.4 is 0 Å². The molecule has 0 rings (SSSR count). The number of rotatable bonds is 3. The highest BCUT2D eigenvalue weighted by Crippen LogP contribution is 2.01. The highest BCUT2D eigenvalue weighted by Gasteiger charge is 1.87. The zero-order valence-electron chi connectivity index (χ0n) is 5.15. The van der Waals surface area contributed by atoms with Crippen LogP contribution in [0.1, 0.15) is 26.7 Å². The van der Waals surface area contributed by atoms with E-state index in [1.54, 1.807) is 6.08 Å². The Balaban J connectivity index is 2.81. The van der Waals surface area contributed by atoms with Crippen molar-refractivity contribution in [1.82, 2.24) is 0 Å². The molecule has 0 heteroatoms. The molecule has 0 aromatic carbocycles. The van der Waals surface area contributed by atoms with Crippen LogP contribution in [0.3, 0.4) is 0 Å². The van der Waals surface area contributed by atoms with Crippen LogP contribution >= 0.6 is 0 Å². The molecule has 0 spiro atoms. The molecule has 0 aliphatic heterocycles. The van der Waals surface area contributed by atoms with E-state index in [1.165, 1.54) is 6.42 Å². The van der Waals surface area contributed by atoms with E-state index >= 15 is 0 Å². The first-order valence-corrected chi connectivity index (χ1v) is 2.80. The summed E-state index contributed by atoms with van der Waals surface area (Å²) in [4.78, 5) is 0. The molecule has 0 unspecified atom stereocenters. The molecular formula is C7H13. The van der Waals surface area contributed by atoms with Gasteiger partial charge in [-0.05, 0) is 18.8 Å². The molecule has 0 aliphatic rings. The molecule has 1 radical (unpaired) electrons. The lowest BCUT2D eigenvalue weighted by Gasteiger charge is -1.96. The first-order valence-electron chi connectivity index (χ1n) is 2.80. The molecule has 0 heterocycles. The summed E-state index contributed by atoms with van der Waals surface area (Å²) in [5, 5.41) is 0. The van der Waals surface area contributed by atoms with E-state index in [2.05, 4.69) is 13.8 Å². The first kappa shape index (κ1) is 6.74. The van der Waals surface area contributed by atoms with Crippen molar-refractivity contribution >= 4 is 0 Å². The van der Waals surface area contributed by atoms with Crippen LogP contribution in [0.5, 0.6) is 0 Å². The summed E-state index contributed by atoms with van der Waals surface area (Å²) in [7, 11) is 0. The van der Waals surface area contributed by atoms with Gasteiger partial charge in [0.1, 0.15) is 0 Å². The normalized spacial score (nSPS) is 9.57. The van der Waals surface area contributed by atoms with Crippen molar-refractivity contribution in [3.05, 3.63) is 12.7 Å². The molecule has 0 saturated heterocycles. The molecule has 0 aromatic rings. The third-order valence-corrected chi connectivity index (χ3v) is 0.911. The maximum absolute atomic E-state index is 5.15. The average Bonchev–Trinajstić information content (AvgIpc) is 1.61. The van der Waals surface area contributed by atoms with E-state index in [0.717, 1.165) is 12.3 Å². The summed E-state index contributed by atoms with van der Waals surface area (Å²) in [5.74, 6) is 0.791. The van der Waals surface area contributed by atoms with Crippen LogP contribution in [0.2, 0.25) is 0 Å². The monoisotopic (exact) mass is 97.1 g/mol. The fraction of sp³-hybridized carbons (Fsp3) is 0.714. The Labute approximate surface area is 46.2 Å². The smallest absolute Gasteiger partial charge is 0.0345 e. The van der Waals surface area contributed by atoms with E-state index in [1.807, 2.05) is 0 Å². The summed E-state index contributed by atoms with van der Waals surface area (Å²) in [6.07, 6.45) is 3.99. The zero-order chi connectivity index (χ0) is 5.70. The molecule has 0 saturated carbocycles. The minimum absolute atomic E-state index is 0.791. The lowest BCUT2D eigenvalue weighted by Crippen LogP contribution is -1.82. The summed E-state index contributed by atoms with van der Waals surface area (Å²) >= 11 is 0. The third-order valence-electron chi connectivity index (χ3n) is 0.911. The number of hydrogen-bond donors (Lipinski definition) is 0. The third kappa shape index (κ3) is 5.74. The molecule has 7 heavy (non-hydrogen) atoms. The molecule has 0 aromatic heterocycles. The second kappa shape index (κ2) is 3.91. The van der Waals surface area contributed by atoms with E-state index in [4.69, 9.17) is 6.58 Å². The second-order valence-corrected chi connectivity index (χ2v) is 2.21. The van der Waals surface area contributed by atoms with Crippen molar-refractivity contribution in [2.45, 2.75) is 26.7 Å².